The van der Waals surface area contributed by atoms with E-state index in [-0.39, 0.29) is 10.8 Å². The van der Waals surface area contributed by atoms with Gasteiger partial charge in [0.05, 0.1) is 12.9 Å². The van der Waals surface area contributed by atoms with Crippen molar-refractivity contribution in [2.24, 2.45) is 0 Å². The zero-order valence-electron chi connectivity index (χ0n) is 16.2. The molecule has 0 aromatic heterocycles. The molecule has 0 atom stereocenters. The van der Waals surface area contributed by atoms with Crippen LogP contribution in [-0.4, -0.2) is 7.11 Å². The van der Waals surface area contributed by atoms with Crippen molar-refractivity contribution in [1.29, 1.82) is 0 Å². The molecule has 1 heteroatoms. The number of rotatable bonds is 5. The Bertz CT molecular complexity index is 672. The first kappa shape index (κ1) is 18.6. The summed E-state index contributed by atoms with van der Waals surface area (Å²) in [6.45, 7) is 15.4. The van der Waals surface area contributed by atoms with E-state index in [1.165, 1.54) is 35.1 Å². The number of methoxy groups -OCH3 is 1. The van der Waals surface area contributed by atoms with Crippen LogP contribution in [0, 0.1) is 6.92 Å². The molecule has 0 radical (unpaired) electrons. The Hall–Kier alpha value is -1.76. The van der Waals surface area contributed by atoms with Crippen LogP contribution in [0.25, 0.3) is 0 Å². The summed E-state index contributed by atoms with van der Waals surface area (Å²) < 4.78 is 5.57. The fourth-order valence-electron chi connectivity index (χ4n) is 3.59. The molecule has 24 heavy (non-hydrogen) atoms. The molecule has 2 rings (SSSR count). The Morgan fingerprint density at radius 3 is 2.21 bits per heavy atom. The largest absolute Gasteiger partial charge is 0.501 e. The van der Waals surface area contributed by atoms with Gasteiger partial charge in [0.25, 0.3) is 0 Å². The third kappa shape index (κ3) is 3.83. The molecule has 0 bridgehead atoms. The fraction of sp³-hybridized carbons (Fsp3) is 0.478. The van der Waals surface area contributed by atoms with E-state index in [1.807, 2.05) is 18.2 Å². The Balaban J connectivity index is 2.45. The maximum Gasteiger partial charge on any atom is 0.0999 e. The highest BCUT2D eigenvalue weighted by molar-refractivity contribution is 5.47. The quantitative estimate of drug-likeness (QED) is 0.465. The average Bonchev–Trinajstić information content (AvgIpc) is 2.52. The van der Waals surface area contributed by atoms with E-state index < -0.39 is 0 Å². The van der Waals surface area contributed by atoms with Crippen molar-refractivity contribution < 1.29 is 4.74 Å². The van der Waals surface area contributed by atoms with Crippen LogP contribution < -0.4 is 0 Å². The third-order valence-corrected chi connectivity index (χ3v) is 5.47. The lowest BCUT2D eigenvalue weighted by atomic mass is 9.62. The molecule has 1 aromatic carbocycles. The van der Waals surface area contributed by atoms with Gasteiger partial charge < -0.3 is 4.74 Å². The van der Waals surface area contributed by atoms with Gasteiger partial charge in [0.1, 0.15) is 0 Å². The zero-order valence-corrected chi connectivity index (χ0v) is 16.2. The number of hydrogen-bond donors (Lipinski definition) is 0. The molecule has 130 valence electrons. The summed E-state index contributed by atoms with van der Waals surface area (Å²) in [5.41, 5.74) is 6.26. The summed E-state index contributed by atoms with van der Waals surface area (Å²) >= 11 is 0. The van der Waals surface area contributed by atoms with Gasteiger partial charge in [-0.05, 0) is 58.9 Å². The second kappa shape index (κ2) is 7.01. The van der Waals surface area contributed by atoms with Crippen LogP contribution in [0.15, 0.2) is 48.8 Å². The van der Waals surface area contributed by atoms with Crippen molar-refractivity contribution in [1.82, 2.24) is 0 Å². The smallest absolute Gasteiger partial charge is 0.0999 e. The van der Waals surface area contributed by atoms with Gasteiger partial charge in [-0.25, -0.2) is 0 Å². The molecule has 0 saturated carbocycles. The first-order valence-electron chi connectivity index (χ1n) is 8.88. The highest BCUT2D eigenvalue weighted by Gasteiger charge is 2.37. The van der Waals surface area contributed by atoms with Crippen molar-refractivity contribution in [3.8, 4) is 0 Å². The molecule has 1 aliphatic carbocycles. The van der Waals surface area contributed by atoms with Crippen LogP contribution in [-0.2, 0) is 22.0 Å². The number of aryl methyl sites for hydroxylation is 1. The molecule has 0 amide bonds. The van der Waals surface area contributed by atoms with Crippen molar-refractivity contribution in [2.45, 2.75) is 64.7 Å². The Labute approximate surface area is 148 Å². The molecule has 1 aliphatic rings. The summed E-state index contributed by atoms with van der Waals surface area (Å²) in [6.07, 6.45) is 11.0. The summed E-state index contributed by atoms with van der Waals surface area (Å²) in [5, 5.41) is 0. The molecule has 0 saturated heterocycles. The number of hydrogen-bond acceptors (Lipinski definition) is 1. The highest BCUT2D eigenvalue weighted by atomic mass is 16.5. The summed E-state index contributed by atoms with van der Waals surface area (Å²) in [7, 11) is 1.74. The molecule has 1 aromatic rings. The molecule has 1 nitrogen and oxygen atoms in total. The van der Waals surface area contributed by atoms with Crippen LogP contribution in [0.1, 0.15) is 62.8 Å². The van der Waals surface area contributed by atoms with Gasteiger partial charge in [0, 0.05) is 6.42 Å². The second-order valence-corrected chi connectivity index (χ2v) is 8.23. The van der Waals surface area contributed by atoms with Gasteiger partial charge >= 0.3 is 0 Å². The molecule has 0 unspecified atom stereocenters. The van der Waals surface area contributed by atoms with E-state index >= 15 is 0 Å². The van der Waals surface area contributed by atoms with Crippen LogP contribution in [0.2, 0.25) is 0 Å². The lowest BCUT2D eigenvalue weighted by molar-refractivity contribution is 0.283. The number of fused-ring (bicyclic) bond motifs is 1. The normalized spacial score (nSPS) is 19.2. The minimum atomic E-state index is 0.243. The summed E-state index contributed by atoms with van der Waals surface area (Å²) in [6, 6.07) is 4.84. The van der Waals surface area contributed by atoms with Gasteiger partial charge in [0.15, 0.2) is 0 Å². The topological polar surface area (TPSA) is 9.23 Å². The van der Waals surface area contributed by atoms with E-state index in [0.717, 1.165) is 12.2 Å². The minimum absolute atomic E-state index is 0.243. The number of allylic oxidation sites excluding steroid dienone is 5. The van der Waals surface area contributed by atoms with Crippen LogP contribution in [0.4, 0.5) is 0 Å². The fourth-order valence-corrected chi connectivity index (χ4v) is 3.59. The SMILES string of the molecule is C=C/C=C/C=C(/Cc1cc2c(cc1C)C(C)(C)CCC2(C)C)OC. The Morgan fingerprint density at radius 2 is 1.67 bits per heavy atom. The Morgan fingerprint density at radius 1 is 1.08 bits per heavy atom. The minimum Gasteiger partial charge on any atom is -0.501 e. The summed E-state index contributed by atoms with van der Waals surface area (Å²) in [5.74, 6) is 0.976. The van der Waals surface area contributed by atoms with Gasteiger partial charge in [-0.1, -0.05) is 64.6 Å². The van der Waals surface area contributed by atoms with Gasteiger partial charge in [-0.2, -0.15) is 0 Å². The van der Waals surface area contributed by atoms with E-state index in [4.69, 9.17) is 4.74 Å². The maximum absolute atomic E-state index is 5.57. The van der Waals surface area contributed by atoms with Crippen LogP contribution in [0.5, 0.6) is 0 Å². The van der Waals surface area contributed by atoms with Gasteiger partial charge in [0.2, 0.25) is 0 Å². The molecular weight excluding hydrogens is 292 g/mol. The van der Waals surface area contributed by atoms with Crippen molar-refractivity contribution in [3.63, 3.8) is 0 Å². The van der Waals surface area contributed by atoms with E-state index in [1.54, 1.807) is 13.2 Å². The van der Waals surface area contributed by atoms with Crippen molar-refractivity contribution in [2.75, 3.05) is 7.11 Å². The lowest BCUT2D eigenvalue weighted by Crippen LogP contribution is -2.34. The third-order valence-electron chi connectivity index (χ3n) is 5.47. The standard InChI is InChI=1S/C23H32O/c1-8-9-10-11-19(24-7)15-18-16-21-20(14-17(18)2)22(3,4)12-13-23(21,5)6/h8-11,14,16H,1,12-13,15H2,2-7H3/b10-9+,19-11-. The highest BCUT2D eigenvalue weighted by Crippen LogP contribution is 2.46. The molecule has 0 spiro atoms. The van der Waals surface area contributed by atoms with E-state index in [0.29, 0.717) is 0 Å². The Kier molecular flexibility index (Phi) is 5.42. The van der Waals surface area contributed by atoms with E-state index in [2.05, 4.69) is 53.3 Å². The van der Waals surface area contributed by atoms with Gasteiger partial charge in [-0.3, -0.25) is 0 Å². The average molecular weight is 325 g/mol. The summed E-state index contributed by atoms with van der Waals surface area (Å²) in [4.78, 5) is 0. The van der Waals surface area contributed by atoms with Crippen LogP contribution in [0.3, 0.4) is 0 Å². The predicted octanol–water partition coefficient (Wildman–Crippen LogP) is 6.16. The second-order valence-electron chi connectivity index (χ2n) is 8.23. The molecular formula is C23H32O. The number of ether oxygens (including phenoxy) is 1. The van der Waals surface area contributed by atoms with Crippen molar-refractivity contribution >= 4 is 0 Å². The van der Waals surface area contributed by atoms with Crippen LogP contribution >= 0.6 is 0 Å². The monoisotopic (exact) mass is 324 g/mol. The van der Waals surface area contributed by atoms with Gasteiger partial charge in [-0.15, -0.1) is 0 Å². The number of benzene rings is 1. The molecule has 0 aliphatic heterocycles. The first-order valence-corrected chi connectivity index (χ1v) is 8.88. The van der Waals surface area contributed by atoms with E-state index in [9.17, 15) is 0 Å². The van der Waals surface area contributed by atoms with Crippen molar-refractivity contribution in [3.05, 3.63) is 71.0 Å². The maximum atomic E-state index is 5.57. The molecule has 0 heterocycles. The first-order chi connectivity index (χ1) is 11.2. The predicted molar refractivity (Wildman–Crippen MR) is 105 cm³/mol. The zero-order chi connectivity index (χ0) is 18.0. The molecule has 0 N–H and O–H groups in total. The molecule has 0 fully saturated rings. The lowest BCUT2D eigenvalue weighted by Gasteiger charge is -2.42.